The molecule has 0 N–H and O–H groups in total. The van der Waals surface area contributed by atoms with Gasteiger partial charge in [0.15, 0.2) is 5.13 Å². The minimum Gasteiger partial charge on any atom is -0.345 e. The van der Waals surface area contributed by atoms with E-state index < -0.39 is 0 Å². The molecule has 0 unspecified atom stereocenters. The van der Waals surface area contributed by atoms with E-state index in [1.807, 2.05) is 42.2 Å². The number of carbonyl (C=O) groups is 1. The largest absolute Gasteiger partial charge is 0.345 e. The molecule has 1 saturated heterocycles. The monoisotopic (exact) mass is 461 g/mol. The second-order valence-corrected chi connectivity index (χ2v) is 9.57. The fourth-order valence-corrected chi connectivity index (χ4v) is 5.33. The highest BCUT2D eigenvalue weighted by Gasteiger charge is 2.24. The SMILES string of the molecule is Cc1c(Cl)ccc2sc(N3CCN(C(=O)c4ccc(Cc5ccccc5)cc4)CC3)nc12. The fourth-order valence-electron chi connectivity index (χ4n) is 4.10. The van der Waals surface area contributed by atoms with Gasteiger partial charge in [0.2, 0.25) is 0 Å². The van der Waals surface area contributed by atoms with Crippen molar-refractivity contribution in [3.63, 3.8) is 0 Å². The number of carbonyl (C=O) groups excluding carboxylic acids is 1. The molecule has 4 nitrogen and oxygen atoms in total. The van der Waals surface area contributed by atoms with Gasteiger partial charge in [-0.15, -0.1) is 0 Å². The van der Waals surface area contributed by atoms with Crippen LogP contribution in [0, 0.1) is 6.92 Å². The van der Waals surface area contributed by atoms with E-state index in [9.17, 15) is 4.79 Å². The topological polar surface area (TPSA) is 36.4 Å². The second-order valence-electron chi connectivity index (χ2n) is 8.15. The van der Waals surface area contributed by atoms with Crippen LogP contribution in [0.1, 0.15) is 27.0 Å². The van der Waals surface area contributed by atoms with Gasteiger partial charge in [0, 0.05) is 36.8 Å². The van der Waals surface area contributed by atoms with Crippen LogP contribution in [-0.4, -0.2) is 42.0 Å². The van der Waals surface area contributed by atoms with Crippen molar-refractivity contribution in [2.24, 2.45) is 0 Å². The van der Waals surface area contributed by atoms with Crippen molar-refractivity contribution in [2.45, 2.75) is 13.3 Å². The summed E-state index contributed by atoms with van der Waals surface area (Å²) in [4.78, 5) is 22.1. The number of anilines is 1. The maximum absolute atomic E-state index is 13.0. The second kappa shape index (κ2) is 8.93. The number of nitrogens with zero attached hydrogens (tertiary/aromatic N) is 3. The molecule has 3 aromatic carbocycles. The van der Waals surface area contributed by atoms with Gasteiger partial charge >= 0.3 is 0 Å². The van der Waals surface area contributed by atoms with E-state index in [-0.39, 0.29) is 5.91 Å². The zero-order chi connectivity index (χ0) is 22.1. The predicted octanol–water partition coefficient (Wildman–Crippen LogP) is 5.81. The van der Waals surface area contributed by atoms with Crippen molar-refractivity contribution in [1.29, 1.82) is 0 Å². The number of hydrogen-bond donors (Lipinski definition) is 0. The fraction of sp³-hybridized carbons (Fsp3) is 0.231. The molecule has 1 aliphatic rings. The third-order valence-corrected chi connectivity index (χ3v) is 7.52. The normalized spacial score (nSPS) is 14.2. The van der Waals surface area contributed by atoms with Crippen molar-refractivity contribution in [1.82, 2.24) is 9.88 Å². The lowest BCUT2D eigenvalue weighted by Gasteiger charge is -2.34. The number of rotatable bonds is 4. The maximum atomic E-state index is 13.0. The Labute approximate surface area is 197 Å². The average molecular weight is 462 g/mol. The number of halogens is 1. The van der Waals surface area contributed by atoms with Gasteiger partial charge in [0.1, 0.15) is 0 Å². The number of hydrogen-bond acceptors (Lipinski definition) is 4. The third kappa shape index (κ3) is 4.23. The van der Waals surface area contributed by atoms with Crippen LogP contribution in [0.5, 0.6) is 0 Å². The van der Waals surface area contributed by atoms with Crippen molar-refractivity contribution >= 4 is 44.2 Å². The van der Waals surface area contributed by atoms with E-state index in [4.69, 9.17) is 16.6 Å². The van der Waals surface area contributed by atoms with E-state index in [1.165, 1.54) is 11.1 Å². The lowest BCUT2D eigenvalue weighted by atomic mass is 10.0. The number of fused-ring (bicyclic) bond motifs is 1. The number of piperazine rings is 1. The lowest BCUT2D eigenvalue weighted by Crippen LogP contribution is -2.48. The van der Waals surface area contributed by atoms with Crippen LogP contribution >= 0.6 is 22.9 Å². The van der Waals surface area contributed by atoms with E-state index in [0.717, 1.165) is 51.0 Å². The molecule has 1 fully saturated rings. The van der Waals surface area contributed by atoms with E-state index in [0.29, 0.717) is 13.1 Å². The summed E-state index contributed by atoms with van der Waals surface area (Å²) in [5.74, 6) is 0.0998. The van der Waals surface area contributed by atoms with Gasteiger partial charge in [-0.25, -0.2) is 4.98 Å². The predicted molar refractivity (Wildman–Crippen MR) is 133 cm³/mol. The maximum Gasteiger partial charge on any atom is 0.253 e. The van der Waals surface area contributed by atoms with Crippen LogP contribution in [0.4, 0.5) is 5.13 Å². The molecule has 6 heteroatoms. The zero-order valence-corrected chi connectivity index (χ0v) is 19.5. The molecule has 1 aliphatic heterocycles. The summed E-state index contributed by atoms with van der Waals surface area (Å²) < 4.78 is 1.15. The molecule has 0 saturated carbocycles. The van der Waals surface area contributed by atoms with Gasteiger partial charge in [-0.3, -0.25) is 4.79 Å². The highest BCUT2D eigenvalue weighted by atomic mass is 35.5. The molecular weight excluding hydrogens is 438 g/mol. The molecule has 0 atom stereocenters. The van der Waals surface area contributed by atoms with Crippen molar-refractivity contribution in [3.8, 4) is 0 Å². The molecule has 0 aliphatic carbocycles. The average Bonchev–Trinajstić information content (AvgIpc) is 3.28. The Balaban J connectivity index is 1.22. The molecule has 0 radical (unpaired) electrons. The minimum atomic E-state index is 0.0998. The van der Waals surface area contributed by atoms with Gasteiger partial charge in [-0.2, -0.15) is 0 Å². The molecule has 1 aromatic heterocycles. The molecular formula is C26H24ClN3OS. The highest BCUT2D eigenvalue weighted by molar-refractivity contribution is 7.22. The first-order valence-electron chi connectivity index (χ1n) is 10.8. The standard InChI is InChI=1S/C26H24ClN3OS/c1-18-22(27)11-12-23-24(18)28-26(32-23)30-15-13-29(14-16-30)25(31)21-9-7-20(8-10-21)17-19-5-3-2-4-6-19/h2-12H,13-17H2,1H3. The highest BCUT2D eigenvalue weighted by Crippen LogP contribution is 2.33. The molecule has 0 spiro atoms. The van der Waals surface area contributed by atoms with Crippen molar-refractivity contribution in [3.05, 3.63) is 94.0 Å². The summed E-state index contributed by atoms with van der Waals surface area (Å²) in [6, 6.07) is 22.4. The van der Waals surface area contributed by atoms with Crippen LogP contribution in [0.2, 0.25) is 5.02 Å². The number of thiazole rings is 1. The van der Waals surface area contributed by atoms with Gasteiger partial charge in [0.05, 0.1) is 10.2 Å². The van der Waals surface area contributed by atoms with E-state index in [2.05, 4.69) is 41.3 Å². The minimum absolute atomic E-state index is 0.0998. The summed E-state index contributed by atoms with van der Waals surface area (Å²) >= 11 is 7.94. The van der Waals surface area contributed by atoms with Gasteiger partial charge in [-0.1, -0.05) is 65.4 Å². The Morgan fingerprint density at radius 3 is 2.34 bits per heavy atom. The Morgan fingerprint density at radius 2 is 1.62 bits per heavy atom. The quantitative estimate of drug-likeness (QED) is 0.384. The zero-order valence-electron chi connectivity index (χ0n) is 17.9. The Morgan fingerprint density at radius 1 is 0.938 bits per heavy atom. The number of benzene rings is 3. The first-order chi connectivity index (χ1) is 15.6. The number of amides is 1. The third-order valence-electron chi connectivity index (χ3n) is 6.03. The Kier molecular flexibility index (Phi) is 5.85. The van der Waals surface area contributed by atoms with Crippen molar-refractivity contribution in [2.75, 3.05) is 31.1 Å². The molecule has 4 aromatic rings. The van der Waals surface area contributed by atoms with Gasteiger partial charge < -0.3 is 9.80 Å². The molecule has 2 heterocycles. The van der Waals surface area contributed by atoms with Crippen LogP contribution < -0.4 is 4.90 Å². The Hall–Kier alpha value is -2.89. The summed E-state index contributed by atoms with van der Waals surface area (Å²) in [6.45, 7) is 4.96. The van der Waals surface area contributed by atoms with Gasteiger partial charge in [-0.05, 0) is 54.3 Å². The number of aryl methyl sites for hydroxylation is 1. The number of aromatic nitrogens is 1. The van der Waals surface area contributed by atoms with Crippen LogP contribution in [0.3, 0.4) is 0 Å². The smallest absolute Gasteiger partial charge is 0.253 e. The first-order valence-corrected chi connectivity index (χ1v) is 12.0. The van der Waals surface area contributed by atoms with E-state index in [1.54, 1.807) is 11.3 Å². The lowest BCUT2D eigenvalue weighted by molar-refractivity contribution is 0.0747. The first kappa shape index (κ1) is 21.0. The molecule has 0 bridgehead atoms. The summed E-state index contributed by atoms with van der Waals surface area (Å²) in [7, 11) is 0. The molecule has 1 amide bonds. The van der Waals surface area contributed by atoms with Crippen LogP contribution in [0.25, 0.3) is 10.2 Å². The van der Waals surface area contributed by atoms with Crippen molar-refractivity contribution < 1.29 is 4.79 Å². The summed E-state index contributed by atoms with van der Waals surface area (Å²) in [6.07, 6.45) is 0.876. The molecule has 5 rings (SSSR count). The molecule has 162 valence electrons. The van der Waals surface area contributed by atoms with Gasteiger partial charge in [0.25, 0.3) is 5.91 Å². The summed E-state index contributed by atoms with van der Waals surface area (Å²) in [5, 5.41) is 1.75. The molecule has 32 heavy (non-hydrogen) atoms. The van der Waals surface area contributed by atoms with Crippen LogP contribution in [-0.2, 0) is 6.42 Å². The summed E-state index contributed by atoms with van der Waals surface area (Å²) in [5.41, 5.74) is 5.24. The Bertz CT molecular complexity index is 1250. The van der Waals surface area contributed by atoms with E-state index >= 15 is 0 Å². The van der Waals surface area contributed by atoms with Crippen LogP contribution in [0.15, 0.2) is 66.7 Å².